The highest BCUT2D eigenvalue weighted by molar-refractivity contribution is 6.02. The number of allylic oxidation sites excluding steroid dienone is 2. The Bertz CT molecular complexity index is 363. The standard InChI is InChI=1S/C9H9N3O/c10-9(13)7-4-6-12-5-2-1-3-8(12)11-7/h1-5H,6H2,(H2,10,13). The van der Waals surface area contributed by atoms with Crippen molar-refractivity contribution in [1.29, 1.82) is 0 Å². The first-order valence-corrected chi connectivity index (χ1v) is 3.97. The maximum absolute atomic E-state index is 10.8. The van der Waals surface area contributed by atoms with Crippen LogP contribution >= 0.6 is 0 Å². The van der Waals surface area contributed by atoms with Crippen LogP contribution in [0.2, 0.25) is 0 Å². The van der Waals surface area contributed by atoms with Gasteiger partial charge in [-0.1, -0.05) is 6.08 Å². The van der Waals surface area contributed by atoms with Crippen LogP contribution in [-0.2, 0) is 4.79 Å². The van der Waals surface area contributed by atoms with Gasteiger partial charge in [0.2, 0.25) is 0 Å². The maximum Gasteiger partial charge on any atom is 0.267 e. The first kappa shape index (κ1) is 7.79. The maximum atomic E-state index is 10.8. The van der Waals surface area contributed by atoms with Crippen LogP contribution in [-0.4, -0.2) is 23.2 Å². The van der Waals surface area contributed by atoms with Crippen LogP contribution in [0.1, 0.15) is 0 Å². The number of amides is 1. The van der Waals surface area contributed by atoms with Gasteiger partial charge in [-0.25, -0.2) is 4.99 Å². The van der Waals surface area contributed by atoms with E-state index in [0.717, 1.165) is 5.84 Å². The number of carbonyl (C=O) groups excluding carboxylic acids is 1. The highest BCUT2D eigenvalue weighted by Gasteiger charge is 2.15. The van der Waals surface area contributed by atoms with E-state index in [2.05, 4.69) is 4.99 Å². The van der Waals surface area contributed by atoms with E-state index in [1.807, 2.05) is 29.3 Å². The topological polar surface area (TPSA) is 58.7 Å². The normalized spacial score (nSPS) is 19.2. The van der Waals surface area contributed by atoms with Crippen LogP contribution in [0.3, 0.4) is 0 Å². The zero-order valence-electron chi connectivity index (χ0n) is 6.97. The van der Waals surface area contributed by atoms with Crippen molar-refractivity contribution in [3.05, 3.63) is 36.2 Å². The second-order valence-corrected chi connectivity index (χ2v) is 2.78. The number of rotatable bonds is 1. The predicted molar refractivity (Wildman–Crippen MR) is 49.7 cm³/mol. The van der Waals surface area contributed by atoms with Gasteiger partial charge in [-0.2, -0.15) is 0 Å². The quantitative estimate of drug-likeness (QED) is 0.616. The van der Waals surface area contributed by atoms with E-state index in [4.69, 9.17) is 5.73 Å². The molecule has 2 heterocycles. The zero-order valence-corrected chi connectivity index (χ0v) is 6.97. The first-order valence-electron chi connectivity index (χ1n) is 3.97. The van der Waals surface area contributed by atoms with Gasteiger partial charge >= 0.3 is 0 Å². The fourth-order valence-electron chi connectivity index (χ4n) is 1.23. The molecule has 0 aromatic heterocycles. The van der Waals surface area contributed by atoms with Crippen molar-refractivity contribution in [2.75, 3.05) is 6.54 Å². The van der Waals surface area contributed by atoms with Gasteiger partial charge in [0.05, 0.1) is 0 Å². The highest BCUT2D eigenvalue weighted by Crippen LogP contribution is 2.11. The average Bonchev–Trinajstić information content (AvgIpc) is 2.17. The lowest BCUT2D eigenvalue weighted by atomic mass is 10.2. The third kappa shape index (κ3) is 1.38. The number of aliphatic imine (C=N–C) groups is 1. The molecular formula is C9H9N3O. The Hall–Kier alpha value is -1.84. The molecule has 2 aliphatic heterocycles. The van der Waals surface area contributed by atoms with Gasteiger partial charge in [-0.3, -0.25) is 4.79 Å². The van der Waals surface area contributed by atoms with Crippen molar-refractivity contribution in [3.8, 4) is 0 Å². The van der Waals surface area contributed by atoms with Gasteiger partial charge in [0, 0.05) is 12.7 Å². The molecule has 2 N–H and O–H groups in total. The number of amidine groups is 1. The van der Waals surface area contributed by atoms with E-state index in [-0.39, 0.29) is 0 Å². The third-order valence-corrected chi connectivity index (χ3v) is 1.89. The Morgan fingerprint density at radius 1 is 1.54 bits per heavy atom. The van der Waals surface area contributed by atoms with Gasteiger partial charge in [0.25, 0.3) is 5.91 Å². The van der Waals surface area contributed by atoms with Crippen LogP contribution in [0.15, 0.2) is 41.2 Å². The summed E-state index contributed by atoms with van der Waals surface area (Å²) in [6.45, 7) is 0.651. The summed E-state index contributed by atoms with van der Waals surface area (Å²) >= 11 is 0. The van der Waals surface area contributed by atoms with Crippen molar-refractivity contribution in [2.24, 2.45) is 10.7 Å². The second-order valence-electron chi connectivity index (χ2n) is 2.78. The minimum atomic E-state index is -0.477. The molecule has 0 aromatic carbocycles. The Kier molecular flexibility index (Phi) is 1.73. The van der Waals surface area contributed by atoms with Crippen molar-refractivity contribution < 1.29 is 4.79 Å². The lowest BCUT2D eigenvalue weighted by Gasteiger charge is -2.24. The molecule has 1 amide bonds. The summed E-state index contributed by atoms with van der Waals surface area (Å²) in [5, 5.41) is 0. The summed E-state index contributed by atoms with van der Waals surface area (Å²) in [5.74, 6) is 0.286. The molecule has 0 aliphatic carbocycles. The van der Waals surface area contributed by atoms with E-state index in [0.29, 0.717) is 12.2 Å². The minimum Gasteiger partial charge on any atom is -0.364 e. The summed E-state index contributed by atoms with van der Waals surface area (Å²) < 4.78 is 0. The van der Waals surface area contributed by atoms with Gasteiger partial charge in [0.15, 0.2) is 0 Å². The van der Waals surface area contributed by atoms with Gasteiger partial charge < -0.3 is 10.6 Å². The molecule has 0 unspecified atom stereocenters. The van der Waals surface area contributed by atoms with Crippen molar-refractivity contribution in [1.82, 2.24) is 4.90 Å². The van der Waals surface area contributed by atoms with Gasteiger partial charge in [-0.05, 0) is 18.2 Å². The number of hydrogen-bond acceptors (Lipinski definition) is 3. The Labute approximate surface area is 75.7 Å². The molecule has 0 saturated carbocycles. The summed E-state index contributed by atoms with van der Waals surface area (Å²) in [6, 6.07) is 0. The predicted octanol–water partition coefficient (Wildman–Crippen LogP) is 0.153. The molecule has 2 rings (SSSR count). The van der Waals surface area contributed by atoms with E-state index >= 15 is 0 Å². The monoisotopic (exact) mass is 175 g/mol. The van der Waals surface area contributed by atoms with Crippen molar-refractivity contribution in [3.63, 3.8) is 0 Å². The second kappa shape index (κ2) is 2.90. The third-order valence-electron chi connectivity index (χ3n) is 1.89. The minimum absolute atomic E-state index is 0.339. The van der Waals surface area contributed by atoms with Gasteiger partial charge in [0.1, 0.15) is 11.5 Å². The molecule has 0 bridgehead atoms. The number of carbonyl (C=O) groups is 1. The number of nitrogens with two attached hydrogens (primary N) is 1. The molecule has 2 aliphatic rings. The summed E-state index contributed by atoms with van der Waals surface area (Å²) in [4.78, 5) is 16.8. The largest absolute Gasteiger partial charge is 0.364 e. The number of hydrogen-bond donors (Lipinski definition) is 1. The molecule has 66 valence electrons. The lowest BCUT2D eigenvalue weighted by Crippen LogP contribution is -2.30. The molecular weight excluding hydrogens is 166 g/mol. The Morgan fingerprint density at radius 2 is 2.38 bits per heavy atom. The molecule has 0 saturated heterocycles. The van der Waals surface area contributed by atoms with E-state index in [1.165, 1.54) is 0 Å². The van der Waals surface area contributed by atoms with E-state index < -0.39 is 5.91 Å². The van der Waals surface area contributed by atoms with E-state index in [9.17, 15) is 4.79 Å². The number of nitrogens with zero attached hydrogens (tertiary/aromatic N) is 2. The van der Waals surface area contributed by atoms with Crippen LogP contribution in [0, 0.1) is 0 Å². The molecule has 0 aromatic rings. The molecule has 0 atom stereocenters. The molecule has 4 heteroatoms. The molecule has 13 heavy (non-hydrogen) atoms. The molecule has 0 fully saturated rings. The lowest BCUT2D eigenvalue weighted by molar-refractivity contribution is -0.114. The van der Waals surface area contributed by atoms with Crippen molar-refractivity contribution >= 4 is 11.7 Å². The van der Waals surface area contributed by atoms with Gasteiger partial charge in [-0.15, -0.1) is 0 Å². The fraction of sp³-hybridized carbons (Fsp3) is 0.111. The zero-order chi connectivity index (χ0) is 9.26. The Balaban J connectivity index is 2.30. The SMILES string of the molecule is NC(=O)C1=CCN2C=CC=CC2=N1. The van der Waals surface area contributed by atoms with Crippen LogP contribution in [0.5, 0.6) is 0 Å². The molecule has 0 radical (unpaired) electrons. The molecule has 4 nitrogen and oxygen atoms in total. The highest BCUT2D eigenvalue weighted by atomic mass is 16.1. The summed E-state index contributed by atoms with van der Waals surface area (Å²) in [6.07, 6.45) is 9.26. The van der Waals surface area contributed by atoms with E-state index in [1.54, 1.807) is 6.08 Å². The smallest absolute Gasteiger partial charge is 0.267 e. The Morgan fingerprint density at radius 3 is 3.15 bits per heavy atom. The average molecular weight is 175 g/mol. The summed E-state index contributed by atoms with van der Waals surface area (Å²) in [7, 11) is 0. The molecule has 0 spiro atoms. The number of primary amides is 1. The summed E-state index contributed by atoms with van der Waals surface area (Å²) in [5.41, 5.74) is 5.45. The number of fused-ring (bicyclic) bond motifs is 1. The fourth-order valence-corrected chi connectivity index (χ4v) is 1.23. The van der Waals surface area contributed by atoms with Crippen molar-refractivity contribution in [2.45, 2.75) is 0 Å². The van der Waals surface area contributed by atoms with Crippen LogP contribution in [0.25, 0.3) is 0 Å². The van der Waals surface area contributed by atoms with Crippen LogP contribution < -0.4 is 5.73 Å². The van der Waals surface area contributed by atoms with Crippen LogP contribution in [0.4, 0.5) is 0 Å². The first-order chi connectivity index (χ1) is 6.27.